The van der Waals surface area contributed by atoms with Gasteiger partial charge in [0.05, 0.1) is 30.2 Å². The van der Waals surface area contributed by atoms with Gasteiger partial charge in [-0.05, 0) is 37.0 Å². The minimum absolute atomic E-state index is 0.202. The Morgan fingerprint density at radius 1 is 1.20 bits per heavy atom. The number of nitrogens with one attached hydrogen (secondary N) is 2. The molecule has 1 fully saturated rings. The van der Waals surface area contributed by atoms with E-state index in [0.29, 0.717) is 17.8 Å². The molecule has 3 N–H and O–H groups in total. The molecule has 0 saturated heterocycles. The number of carbonyl (C=O) groups excluding carboxylic acids is 1. The summed E-state index contributed by atoms with van der Waals surface area (Å²) in [5.41, 5.74) is -1.00. The van der Waals surface area contributed by atoms with Gasteiger partial charge in [0.1, 0.15) is 12.0 Å². The number of nitrogens with zero attached hydrogens (tertiary/aromatic N) is 2. The van der Waals surface area contributed by atoms with E-state index in [4.69, 9.17) is 0 Å². The Hall–Kier alpha value is -2.46. The molecule has 162 valence electrons. The summed E-state index contributed by atoms with van der Waals surface area (Å²) >= 11 is 0. The van der Waals surface area contributed by atoms with Gasteiger partial charge < -0.3 is 15.0 Å². The number of rotatable bonds is 3. The summed E-state index contributed by atoms with van der Waals surface area (Å²) in [7, 11) is 0. The number of aromatic nitrogens is 2. The number of hydrogen-bond donors (Lipinski definition) is 3. The highest BCUT2D eigenvalue weighted by molar-refractivity contribution is 6.04. The summed E-state index contributed by atoms with van der Waals surface area (Å²) in [5.74, 6) is -1.58. The van der Waals surface area contributed by atoms with E-state index in [2.05, 4.69) is 15.6 Å². The molecule has 2 aromatic rings. The molecular formula is C20H22F4N4O2. The van der Waals surface area contributed by atoms with E-state index < -0.39 is 35.3 Å². The van der Waals surface area contributed by atoms with Crippen molar-refractivity contribution in [1.82, 2.24) is 14.9 Å². The maximum absolute atomic E-state index is 13.7. The van der Waals surface area contributed by atoms with Crippen LogP contribution in [0.3, 0.4) is 0 Å². The number of anilines is 1. The Labute approximate surface area is 170 Å². The van der Waals surface area contributed by atoms with E-state index in [9.17, 15) is 27.5 Å². The van der Waals surface area contributed by atoms with E-state index in [1.54, 1.807) is 4.57 Å². The van der Waals surface area contributed by atoms with Crippen molar-refractivity contribution in [2.45, 2.75) is 57.1 Å². The maximum atomic E-state index is 13.7. The van der Waals surface area contributed by atoms with Crippen molar-refractivity contribution in [2.75, 3.05) is 5.32 Å². The van der Waals surface area contributed by atoms with Crippen molar-refractivity contribution in [3.8, 4) is 0 Å². The molecule has 2 atom stereocenters. The number of imidazole rings is 1. The standard InChI is InChI=1S/C20H22F4N4O2/c21-14-7-12(6-13(8-14)20(22,23)24)19(30)27-18-17-16(11-4-2-1-3-5-11)26-15(29)9-28(17)10-25-18/h6-8,10-11,15-16,26,29H,1-5,9H2,(H,27,30). The Bertz CT molecular complexity index is 937. The van der Waals surface area contributed by atoms with E-state index in [0.717, 1.165) is 38.2 Å². The van der Waals surface area contributed by atoms with Crippen LogP contribution >= 0.6 is 0 Å². The molecule has 1 aromatic heterocycles. The molecule has 0 radical (unpaired) electrons. The molecule has 1 saturated carbocycles. The Morgan fingerprint density at radius 3 is 2.63 bits per heavy atom. The van der Waals surface area contributed by atoms with Crippen molar-refractivity contribution in [1.29, 1.82) is 0 Å². The first-order valence-corrected chi connectivity index (χ1v) is 9.90. The van der Waals surface area contributed by atoms with E-state index in [1.165, 1.54) is 6.33 Å². The van der Waals surface area contributed by atoms with E-state index in [1.807, 2.05) is 0 Å². The van der Waals surface area contributed by atoms with Gasteiger partial charge in [-0.2, -0.15) is 13.2 Å². The fourth-order valence-corrected chi connectivity index (χ4v) is 4.38. The summed E-state index contributed by atoms with van der Waals surface area (Å²) in [5, 5.41) is 15.9. The van der Waals surface area contributed by atoms with Gasteiger partial charge in [0.25, 0.3) is 5.91 Å². The number of aliphatic hydroxyl groups is 1. The minimum atomic E-state index is -4.77. The summed E-state index contributed by atoms with van der Waals surface area (Å²) in [6.45, 7) is 0.236. The molecule has 2 unspecified atom stereocenters. The van der Waals surface area contributed by atoms with E-state index >= 15 is 0 Å². The van der Waals surface area contributed by atoms with Crippen LogP contribution in [0.15, 0.2) is 24.5 Å². The van der Waals surface area contributed by atoms with Crippen LogP contribution in [0.2, 0.25) is 0 Å². The van der Waals surface area contributed by atoms with Crippen LogP contribution in [0, 0.1) is 11.7 Å². The average molecular weight is 426 g/mol. The molecule has 6 nitrogen and oxygen atoms in total. The highest BCUT2D eigenvalue weighted by atomic mass is 19.4. The Morgan fingerprint density at radius 2 is 1.93 bits per heavy atom. The van der Waals surface area contributed by atoms with Gasteiger partial charge in [-0.15, -0.1) is 0 Å². The molecule has 4 rings (SSSR count). The molecule has 1 amide bonds. The molecule has 2 aliphatic rings. The quantitative estimate of drug-likeness (QED) is 0.652. The summed E-state index contributed by atoms with van der Waals surface area (Å²) in [4.78, 5) is 16.8. The van der Waals surface area contributed by atoms with Gasteiger partial charge in [0.2, 0.25) is 0 Å². The largest absolute Gasteiger partial charge is 0.416 e. The minimum Gasteiger partial charge on any atom is -0.377 e. The predicted molar refractivity (Wildman–Crippen MR) is 100 cm³/mol. The van der Waals surface area contributed by atoms with Crippen molar-refractivity contribution >= 4 is 11.7 Å². The summed E-state index contributed by atoms with van der Waals surface area (Å²) < 4.78 is 54.3. The molecule has 0 bridgehead atoms. The number of fused-ring (bicyclic) bond motifs is 1. The molecule has 1 aliphatic carbocycles. The van der Waals surface area contributed by atoms with Gasteiger partial charge in [0.15, 0.2) is 5.82 Å². The van der Waals surface area contributed by atoms with Crippen LogP contribution in [-0.2, 0) is 12.7 Å². The predicted octanol–water partition coefficient (Wildman–Crippen LogP) is 3.84. The van der Waals surface area contributed by atoms with Crippen molar-refractivity contribution in [2.24, 2.45) is 5.92 Å². The first-order valence-electron chi connectivity index (χ1n) is 9.90. The lowest BCUT2D eigenvalue weighted by Crippen LogP contribution is -2.45. The number of alkyl halides is 3. The Kier molecular flexibility index (Phi) is 5.54. The Balaban J connectivity index is 1.62. The lowest BCUT2D eigenvalue weighted by atomic mass is 9.82. The van der Waals surface area contributed by atoms with Crippen LogP contribution in [0.25, 0.3) is 0 Å². The van der Waals surface area contributed by atoms with Crippen LogP contribution in [0.1, 0.15) is 59.8 Å². The highest BCUT2D eigenvalue weighted by Crippen LogP contribution is 2.39. The smallest absolute Gasteiger partial charge is 0.377 e. The average Bonchev–Trinajstić information content (AvgIpc) is 3.09. The summed E-state index contributed by atoms with van der Waals surface area (Å²) in [6.07, 6.45) is 1.16. The number of amides is 1. The van der Waals surface area contributed by atoms with Crippen molar-refractivity contribution in [3.05, 3.63) is 47.2 Å². The van der Waals surface area contributed by atoms with Crippen molar-refractivity contribution < 1.29 is 27.5 Å². The maximum Gasteiger partial charge on any atom is 0.416 e. The molecule has 1 aliphatic heterocycles. The zero-order valence-electron chi connectivity index (χ0n) is 16.0. The van der Waals surface area contributed by atoms with Crippen LogP contribution in [0.5, 0.6) is 0 Å². The number of carbonyl (C=O) groups is 1. The van der Waals surface area contributed by atoms with Crippen LogP contribution < -0.4 is 10.6 Å². The van der Waals surface area contributed by atoms with Gasteiger partial charge in [-0.25, -0.2) is 9.37 Å². The van der Waals surface area contributed by atoms with Crippen molar-refractivity contribution in [3.63, 3.8) is 0 Å². The topological polar surface area (TPSA) is 79.2 Å². The third kappa shape index (κ3) is 4.20. The zero-order valence-corrected chi connectivity index (χ0v) is 16.0. The third-order valence-electron chi connectivity index (χ3n) is 5.75. The number of hydrogen-bond acceptors (Lipinski definition) is 4. The molecule has 10 heteroatoms. The number of aliphatic hydroxyl groups excluding tert-OH is 1. The number of benzene rings is 1. The highest BCUT2D eigenvalue weighted by Gasteiger charge is 2.36. The first kappa shape index (κ1) is 20.8. The molecule has 0 spiro atoms. The second-order valence-corrected chi connectivity index (χ2v) is 7.87. The molecule has 1 aromatic carbocycles. The second kappa shape index (κ2) is 7.99. The number of halogens is 4. The summed E-state index contributed by atoms with van der Waals surface area (Å²) in [6, 6.07) is 1.47. The molecule has 2 heterocycles. The lowest BCUT2D eigenvalue weighted by Gasteiger charge is -2.37. The van der Waals surface area contributed by atoms with Gasteiger partial charge in [-0.1, -0.05) is 19.3 Å². The fourth-order valence-electron chi connectivity index (χ4n) is 4.38. The second-order valence-electron chi connectivity index (χ2n) is 7.87. The van der Waals surface area contributed by atoms with Crippen LogP contribution in [0.4, 0.5) is 23.4 Å². The monoisotopic (exact) mass is 426 g/mol. The molecule has 30 heavy (non-hydrogen) atoms. The van der Waals surface area contributed by atoms with Crippen LogP contribution in [-0.4, -0.2) is 26.8 Å². The van der Waals surface area contributed by atoms with Gasteiger partial charge >= 0.3 is 6.18 Å². The normalized spacial score (nSPS) is 22.6. The lowest BCUT2D eigenvalue weighted by molar-refractivity contribution is -0.137. The zero-order chi connectivity index (χ0) is 21.5. The fraction of sp³-hybridized carbons (Fsp3) is 0.500. The SMILES string of the molecule is O=C(Nc1ncn2c1C(C1CCCCC1)NC(O)C2)c1cc(F)cc(C(F)(F)F)c1. The van der Waals surface area contributed by atoms with E-state index in [-0.39, 0.29) is 24.3 Å². The third-order valence-corrected chi connectivity index (χ3v) is 5.75. The van der Waals surface area contributed by atoms with Gasteiger partial charge in [-0.3, -0.25) is 10.1 Å². The molecular weight excluding hydrogens is 404 g/mol. The first-order chi connectivity index (χ1) is 14.2. The van der Waals surface area contributed by atoms with Gasteiger partial charge in [0, 0.05) is 5.56 Å².